The number of guanidine groups is 1. The smallest absolute Gasteiger partial charge is 0.387 e. The van der Waals surface area contributed by atoms with Crippen LogP contribution in [0.3, 0.4) is 0 Å². The van der Waals surface area contributed by atoms with Gasteiger partial charge in [0.2, 0.25) is 5.89 Å². The zero-order valence-electron chi connectivity index (χ0n) is 14.1. The number of nitrogens with one attached hydrogen (secondary N) is 2. The molecule has 0 radical (unpaired) electrons. The van der Waals surface area contributed by atoms with Crippen molar-refractivity contribution in [1.29, 1.82) is 0 Å². The third-order valence-corrected chi connectivity index (χ3v) is 3.20. The van der Waals surface area contributed by atoms with Crippen LogP contribution in [0.5, 0.6) is 5.75 Å². The summed E-state index contributed by atoms with van der Waals surface area (Å²) in [5, 5.41) is 10.2. The molecule has 0 aliphatic rings. The predicted molar refractivity (Wildman–Crippen MR) is 104 cm³/mol. The molecule has 0 bridgehead atoms. The van der Waals surface area contributed by atoms with Crippen LogP contribution in [0, 0.1) is 6.92 Å². The number of hydrogen-bond donors (Lipinski definition) is 2. The minimum Gasteiger partial charge on any atom is -0.434 e. The molecule has 26 heavy (non-hydrogen) atoms. The van der Waals surface area contributed by atoms with Crippen molar-refractivity contribution < 1.29 is 18.0 Å². The van der Waals surface area contributed by atoms with E-state index < -0.39 is 6.61 Å². The molecule has 0 aliphatic carbocycles. The molecule has 7 nitrogen and oxygen atoms in total. The highest BCUT2D eigenvalue weighted by molar-refractivity contribution is 14.0. The number of halogens is 4. The fourth-order valence-corrected chi connectivity index (χ4v) is 2.15. The van der Waals surface area contributed by atoms with Gasteiger partial charge in [-0.05, 0) is 32.0 Å². The summed E-state index contributed by atoms with van der Waals surface area (Å²) < 4.78 is 34.5. The number of ether oxygens (including phenoxy) is 1. The molecule has 0 saturated heterocycles. The third-order valence-electron chi connectivity index (χ3n) is 2.97. The zero-order chi connectivity index (χ0) is 18.2. The van der Waals surface area contributed by atoms with Gasteiger partial charge >= 0.3 is 6.61 Å². The fourth-order valence-electron chi connectivity index (χ4n) is 1.96. The molecule has 1 aromatic carbocycles. The highest BCUT2D eigenvalue weighted by Crippen LogP contribution is 2.25. The van der Waals surface area contributed by atoms with Crippen LogP contribution in [0.4, 0.5) is 8.78 Å². The highest BCUT2D eigenvalue weighted by atomic mass is 127. The van der Waals surface area contributed by atoms with Crippen LogP contribution >= 0.6 is 35.6 Å². The molecule has 0 atom stereocenters. The van der Waals surface area contributed by atoms with Gasteiger partial charge in [0.1, 0.15) is 5.75 Å². The lowest BCUT2D eigenvalue weighted by Gasteiger charge is -2.12. The molecule has 1 heterocycles. The monoisotopic (exact) mass is 501 g/mol. The first-order valence-electron chi connectivity index (χ1n) is 7.52. The molecule has 2 N–H and O–H groups in total. The molecule has 0 amide bonds. The van der Waals surface area contributed by atoms with Gasteiger partial charge < -0.3 is 19.9 Å². The van der Waals surface area contributed by atoms with E-state index in [4.69, 9.17) is 16.1 Å². The van der Waals surface area contributed by atoms with Gasteiger partial charge in [-0.1, -0.05) is 16.8 Å². The molecule has 11 heteroatoms. The second-order valence-corrected chi connectivity index (χ2v) is 5.35. The number of aryl methyl sites for hydroxylation is 1. The Morgan fingerprint density at radius 2 is 2.15 bits per heavy atom. The molecule has 144 valence electrons. The summed E-state index contributed by atoms with van der Waals surface area (Å²) in [6.45, 7) is 1.69. The molecule has 2 aromatic rings. The quantitative estimate of drug-likeness (QED) is 0.343. The Balaban J connectivity index is 0.00000338. The first-order valence-corrected chi connectivity index (χ1v) is 7.90. The van der Waals surface area contributed by atoms with Crippen LogP contribution in [0.25, 0.3) is 0 Å². The lowest BCUT2D eigenvalue weighted by atomic mass is 10.2. The highest BCUT2D eigenvalue weighted by Gasteiger charge is 2.11. The van der Waals surface area contributed by atoms with Crippen LogP contribution in [-0.4, -0.2) is 29.3 Å². The summed E-state index contributed by atoms with van der Waals surface area (Å²) in [6.07, 6.45) is 0. The minimum absolute atomic E-state index is 0. The first kappa shape index (κ1) is 22.4. The normalized spacial score (nSPS) is 11.2. The lowest BCUT2D eigenvalue weighted by molar-refractivity contribution is -0.0504. The molecule has 2 rings (SSSR count). The maximum Gasteiger partial charge on any atom is 0.387 e. The van der Waals surface area contributed by atoms with Crippen molar-refractivity contribution in [3.63, 3.8) is 0 Å². The van der Waals surface area contributed by atoms with Crippen molar-refractivity contribution in [3.8, 4) is 5.75 Å². The molecular weight excluding hydrogens is 483 g/mol. The number of benzene rings is 1. The van der Waals surface area contributed by atoms with Gasteiger partial charge in [-0.2, -0.15) is 13.8 Å². The topological polar surface area (TPSA) is 84.6 Å². The van der Waals surface area contributed by atoms with Gasteiger partial charge in [-0.25, -0.2) is 4.99 Å². The Hall–Kier alpha value is -1.69. The van der Waals surface area contributed by atoms with Gasteiger partial charge in [0.15, 0.2) is 11.8 Å². The van der Waals surface area contributed by atoms with Gasteiger partial charge in [0, 0.05) is 17.1 Å². The minimum atomic E-state index is -2.92. The van der Waals surface area contributed by atoms with Crippen LogP contribution in [0.15, 0.2) is 27.7 Å². The second kappa shape index (κ2) is 11.1. The largest absolute Gasteiger partial charge is 0.434 e. The fraction of sp³-hybridized carbons (Fsp3) is 0.400. The molecule has 0 saturated carbocycles. The van der Waals surface area contributed by atoms with Crippen molar-refractivity contribution in [2.45, 2.75) is 33.5 Å². The summed E-state index contributed by atoms with van der Waals surface area (Å²) >= 11 is 5.92. The SMILES string of the molecule is CCNC(=NCc1cc(Cl)ccc1OC(F)F)NCc1nc(C)no1.I. The van der Waals surface area contributed by atoms with E-state index in [-0.39, 0.29) is 42.8 Å². The Labute approximate surface area is 171 Å². The van der Waals surface area contributed by atoms with Gasteiger partial charge in [0.05, 0.1) is 13.1 Å². The second-order valence-electron chi connectivity index (χ2n) is 4.91. The number of aliphatic imine (C=N–C) groups is 1. The molecule has 0 spiro atoms. The Morgan fingerprint density at radius 3 is 2.77 bits per heavy atom. The van der Waals surface area contributed by atoms with E-state index in [2.05, 4.69) is 30.5 Å². The third kappa shape index (κ3) is 7.28. The number of rotatable bonds is 7. The summed E-state index contributed by atoms with van der Waals surface area (Å²) in [7, 11) is 0. The molecular formula is C15H19ClF2IN5O2. The van der Waals surface area contributed by atoms with Gasteiger partial charge in [0.25, 0.3) is 0 Å². The molecule has 1 aromatic heterocycles. The van der Waals surface area contributed by atoms with Crippen molar-refractivity contribution in [2.75, 3.05) is 6.54 Å². The Kier molecular flexibility index (Phi) is 9.55. The van der Waals surface area contributed by atoms with Crippen molar-refractivity contribution in [3.05, 3.63) is 40.5 Å². The van der Waals surface area contributed by atoms with Crippen molar-refractivity contribution >= 4 is 41.5 Å². The standard InChI is InChI=1S/C15H18ClF2N5O2.HI/c1-3-19-15(21-8-13-22-9(2)23-25-13)20-7-10-6-11(16)4-5-12(10)24-14(17)18;/h4-6,14H,3,7-8H2,1-2H3,(H2,19,20,21);1H. The molecule has 0 fully saturated rings. The number of nitrogens with zero attached hydrogens (tertiary/aromatic N) is 3. The van der Waals surface area contributed by atoms with E-state index in [1.54, 1.807) is 6.92 Å². The predicted octanol–water partition coefficient (Wildman–Crippen LogP) is 3.51. The van der Waals surface area contributed by atoms with Gasteiger partial charge in [-0.3, -0.25) is 0 Å². The Bertz CT molecular complexity index is 730. The van der Waals surface area contributed by atoms with E-state index in [0.29, 0.717) is 34.8 Å². The number of aromatic nitrogens is 2. The maximum atomic E-state index is 12.5. The average Bonchev–Trinajstić information content (AvgIpc) is 2.97. The van der Waals surface area contributed by atoms with E-state index in [1.165, 1.54) is 18.2 Å². The summed E-state index contributed by atoms with van der Waals surface area (Å²) in [4.78, 5) is 8.41. The average molecular weight is 502 g/mol. The van der Waals surface area contributed by atoms with Crippen LogP contribution in [0.2, 0.25) is 5.02 Å². The number of hydrogen-bond acceptors (Lipinski definition) is 5. The molecule has 0 unspecified atom stereocenters. The van der Waals surface area contributed by atoms with Crippen LogP contribution in [0.1, 0.15) is 24.2 Å². The summed E-state index contributed by atoms with van der Waals surface area (Å²) in [5.41, 5.74) is 0.443. The summed E-state index contributed by atoms with van der Waals surface area (Å²) in [6, 6.07) is 4.41. The maximum absolute atomic E-state index is 12.5. The lowest BCUT2D eigenvalue weighted by Crippen LogP contribution is -2.36. The van der Waals surface area contributed by atoms with Gasteiger partial charge in [-0.15, -0.1) is 24.0 Å². The first-order chi connectivity index (χ1) is 12.0. The van der Waals surface area contributed by atoms with E-state index in [0.717, 1.165) is 0 Å². The van der Waals surface area contributed by atoms with Crippen molar-refractivity contribution in [2.24, 2.45) is 4.99 Å². The molecule has 0 aliphatic heterocycles. The zero-order valence-corrected chi connectivity index (χ0v) is 17.2. The van der Waals surface area contributed by atoms with E-state index in [1.807, 2.05) is 6.92 Å². The summed E-state index contributed by atoms with van der Waals surface area (Å²) in [5.74, 6) is 1.44. The van der Waals surface area contributed by atoms with E-state index >= 15 is 0 Å². The van der Waals surface area contributed by atoms with Crippen LogP contribution < -0.4 is 15.4 Å². The van der Waals surface area contributed by atoms with Crippen molar-refractivity contribution in [1.82, 2.24) is 20.8 Å². The van der Waals surface area contributed by atoms with Crippen LogP contribution in [-0.2, 0) is 13.1 Å². The van der Waals surface area contributed by atoms with E-state index in [9.17, 15) is 8.78 Å². The Morgan fingerprint density at radius 1 is 1.38 bits per heavy atom. The number of alkyl halides is 2.